The van der Waals surface area contributed by atoms with Gasteiger partial charge in [-0.3, -0.25) is 5.01 Å². The smallest absolute Gasteiger partial charge is 0.128 e. The molecule has 0 aliphatic carbocycles. The van der Waals surface area contributed by atoms with Gasteiger partial charge in [-0.25, -0.2) is 0 Å². The van der Waals surface area contributed by atoms with Crippen LogP contribution in [0.4, 0.5) is 0 Å². The van der Waals surface area contributed by atoms with Crippen LogP contribution in [0, 0.1) is 5.41 Å². The lowest BCUT2D eigenvalue weighted by Crippen LogP contribution is -2.35. The van der Waals surface area contributed by atoms with Crippen LogP contribution >= 0.6 is 11.6 Å². The minimum absolute atomic E-state index is 0.259. The molecule has 0 spiro atoms. The summed E-state index contributed by atoms with van der Waals surface area (Å²) in [6.45, 7) is 6.62. The van der Waals surface area contributed by atoms with E-state index in [-0.39, 0.29) is 5.41 Å². The first kappa shape index (κ1) is 8.85. The summed E-state index contributed by atoms with van der Waals surface area (Å²) in [4.78, 5) is 0. The van der Waals surface area contributed by atoms with Crippen molar-refractivity contribution < 1.29 is 0 Å². The van der Waals surface area contributed by atoms with Gasteiger partial charge in [-0.05, 0) is 5.41 Å². The SMILES string of the molecule is CN1N=C(Cl)CC1C(C)(C)C. The summed E-state index contributed by atoms with van der Waals surface area (Å²) < 4.78 is 0. The Labute approximate surface area is 73.2 Å². The highest BCUT2D eigenvalue weighted by molar-refractivity contribution is 6.65. The molecule has 0 saturated heterocycles. The molecule has 1 heterocycles. The third-order valence-electron chi connectivity index (χ3n) is 2.08. The van der Waals surface area contributed by atoms with Crippen molar-refractivity contribution in [3.63, 3.8) is 0 Å². The molecule has 0 N–H and O–H groups in total. The van der Waals surface area contributed by atoms with Crippen molar-refractivity contribution in [2.24, 2.45) is 10.5 Å². The molecule has 11 heavy (non-hydrogen) atoms. The number of hydrazone groups is 1. The Hall–Kier alpha value is -0.240. The first-order valence-corrected chi connectivity index (χ1v) is 4.25. The standard InChI is InChI=1S/C8H15ClN2/c1-8(2,3)6-5-7(9)10-11(6)4/h6H,5H2,1-4H3. The summed E-state index contributed by atoms with van der Waals surface area (Å²) in [5.41, 5.74) is 0.259. The average molecular weight is 175 g/mol. The number of hydrogen-bond donors (Lipinski definition) is 0. The number of halogens is 1. The van der Waals surface area contributed by atoms with Crippen molar-refractivity contribution in [2.75, 3.05) is 7.05 Å². The van der Waals surface area contributed by atoms with Crippen LogP contribution in [-0.4, -0.2) is 23.3 Å². The summed E-state index contributed by atoms with van der Waals surface area (Å²) in [5.74, 6) is 0. The second kappa shape index (κ2) is 2.67. The summed E-state index contributed by atoms with van der Waals surface area (Å²) in [5, 5.41) is 6.84. The minimum atomic E-state index is 0.259. The van der Waals surface area contributed by atoms with Crippen LogP contribution < -0.4 is 0 Å². The molecule has 0 aromatic heterocycles. The van der Waals surface area contributed by atoms with Crippen molar-refractivity contribution in [2.45, 2.75) is 33.2 Å². The van der Waals surface area contributed by atoms with Gasteiger partial charge in [-0.1, -0.05) is 32.4 Å². The number of rotatable bonds is 0. The van der Waals surface area contributed by atoms with Crippen LogP contribution in [0.15, 0.2) is 5.10 Å². The summed E-state index contributed by atoms with van der Waals surface area (Å²) in [6.07, 6.45) is 0.890. The third kappa shape index (κ3) is 1.86. The van der Waals surface area contributed by atoms with Crippen molar-refractivity contribution >= 4 is 16.8 Å². The fraction of sp³-hybridized carbons (Fsp3) is 0.875. The highest BCUT2D eigenvalue weighted by atomic mass is 35.5. The van der Waals surface area contributed by atoms with E-state index in [1.165, 1.54) is 0 Å². The first-order valence-electron chi connectivity index (χ1n) is 3.87. The maximum absolute atomic E-state index is 5.82. The van der Waals surface area contributed by atoms with E-state index < -0.39 is 0 Å². The van der Waals surface area contributed by atoms with E-state index in [1.807, 2.05) is 12.1 Å². The Morgan fingerprint density at radius 1 is 1.55 bits per heavy atom. The number of nitrogens with zero attached hydrogens (tertiary/aromatic N) is 2. The van der Waals surface area contributed by atoms with E-state index in [2.05, 4.69) is 25.9 Å². The number of hydrogen-bond acceptors (Lipinski definition) is 2. The molecular formula is C8H15ClN2. The minimum Gasteiger partial charge on any atom is -0.295 e. The lowest BCUT2D eigenvalue weighted by molar-refractivity contribution is 0.153. The maximum Gasteiger partial charge on any atom is 0.128 e. The molecule has 0 bridgehead atoms. The van der Waals surface area contributed by atoms with Gasteiger partial charge in [-0.15, -0.1) is 0 Å². The van der Waals surface area contributed by atoms with Gasteiger partial charge in [0, 0.05) is 13.5 Å². The quantitative estimate of drug-likeness (QED) is 0.550. The molecule has 0 saturated carbocycles. The van der Waals surface area contributed by atoms with Gasteiger partial charge in [0.25, 0.3) is 0 Å². The van der Waals surface area contributed by atoms with Crippen molar-refractivity contribution in [1.29, 1.82) is 0 Å². The molecule has 1 unspecified atom stereocenters. The summed E-state index contributed by atoms with van der Waals surface area (Å²) in [6, 6.07) is 0.454. The van der Waals surface area contributed by atoms with E-state index in [0.29, 0.717) is 6.04 Å². The zero-order chi connectivity index (χ0) is 8.65. The van der Waals surface area contributed by atoms with Gasteiger partial charge in [0.2, 0.25) is 0 Å². The maximum atomic E-state index is 5.82. The molecule has 0 radical (unpaired) electrons. The van der Waals surface area contributed by atoms with Gasteiger partial charge in [0.15, 0.2) is 0 Å². The Morgan fingerprint density at radius 3 is 2.27 bits per heavy atom. The average Bonchev–Trinajstić information content (AvgIpc) is 2.08. The molecule has 3 heteroatoms. The fourth-order valence-electron chi connectivity index (χ4n) is 1.44. The van der Waals surface area contributed by atoms with Gasteiger partial charge < -0.3 is 0 Å². The van der Waals surface area contributed by atoms with Crippen LogP contribution in [0.2, 0.25) is 0 Å². The predicted molar refractivity (Wildman–Crippen MR) is 48.9 cm³/mol. The van der Waals surface area contributed by atoms with Gasteiger partial charge in [-0.2, -0.15) is 5.10 Å². The molecular weight excluding hydrogens is 160 g/mol. The van der Waals surface area contributed by atoms with Crippen molar-refractivity contribution in [3.05, 3.63) is 0 Å². The molecule has 1 aliphatic rings. The topological polar surface area (TPSA) is 15.6 Å². The van der Waals surface area contributed by atoms with E-state index >= 15 is 0 Å². The van der Waals surface area contributed by atoms with E-state index in [4.69, 9.17) is 11.6 Å². The van der Waals surface area contributed by atoms with Crippen LogP contribution in [0.5, 0.6) is 0 Å². The van der Waals surface area contributed by atoms with Gasteiger partial charge in [0.05, 0.1) is 6.04 Å². The summed E-state index contributed by atoms with van der Waals surface area (Å²) >= 11 is 5.82. The second-order valence-corrected chi connectivity index (χ2v) is 4.57. The Balaban J connectivity index is 2.67. The van der Waals surface area contributed by atoms with Crippen molar-refractivity contribution in [1.82, 2.24) is 5.01 Å². The predicted octanol–water partition coefficient (Wildman–Crippen LogP) is 2.29. The van der Waals surface area contributed by atoms with Crippen LogP contribution in [0.1, 0.15) is 27.2 Å². The van der Waals surface area contributed by atoms with Gasteiger partial charge >= 0.3 is 0 Å². The summed E-state index contributed by atoms with van der Waals surface area (Å²) in [7, 11) is 1.98. The zero-order valence-corrected chi connectivity index (χ0v) is 8.31. The molecule has 1 aliphatic heterocycles. The van der Waals surface area contributed by atoms with E-state index in [9.17, 15) is 0 Å². The molecule has 0 fully saturated rings. The Kier molecular flexibility index (Phi) is 2.15. The largest absolute Gasteiger partial charge is 0.295 e. The van der Waals surface area contributed by atoms with Crippen LogP contribution in [0.25, 0.3) is 0 Å². The normalized spacial score (nSPS) is 25.7. The monoisotopic (exact) mass is 174 g/mol. The molecule has 1 rings (SSSR count). The van der Waals surface area contributed by atoms with Gasteiger partial charge in [0.1, 0.15) is 5.17 Å². The lowest BCUT2D eigenvalue weighted by Gasteiger charge is -2.31. The van der Waals surface area contributed by atoms with Crippen LogP contribution in [-0.2, 0) is 0 Å². The molecule has 2 nitrogen and oxygen atoms in total. The first-order chi connectivity index (χ1) is 4.91. The molecule has 0 aromatic rings. The lowest BCUT2D eigenvalue weighted by atomic mass is 9.85. The Bertz CT molecular complexity index is 181. The highest BCUT2D eigenvalue weighted by Crippen LogP contribution is 2.30. The molecule has 0 amide bonds. The van der Waals surface area contributed by atoms with E-state index in [0.717, 1.165) is 11.6 Å². The molecule has 1 atom stereocenters. The Morgan fingerprint density at radius 2 is 2.09 bits per heavy atom. The second-order valence-electron chi connectivity index (χ2n) is 4.14. The molecule has 0 aromatic carbocycles. The van der Waals surface area contributed by atoms with Crippen LogP contribution in [0.3, 0.4) is 0 Å². The third-order valence-corrected chi connectivity index (χ3v) is 2.31. The fourth-order valence-corrected chi connectivity index (χ4v) is 1.71. The van der Waals surface area contributed by atoms with Crippen molar-refractivity contribution in [3.8, 4) is 0 Å². The molecule has 64 valence electrons. The highest BCUT2D eigenvalue weighted by Gasteiger charge is 2.32. The van der Waals surface area contributed by atoms with E-state index in [1.54, 1.807) is 0 Å². The zero-order valence-electron chi connectivity index (χ0n) is 7.56.